The number of rotatable bonds is 4. The third-order valence-electron chi connectivity index (χ3n) is 1.96. The molecule has 1 rings (SSSR count). The van der Waals surface area contributed by atoms with E-state index < -0.39 is 5.60 Å². The second-order valence-electron chi connectivity index (χ2n) is 3.91. The Balaban J connectivity index is 2.70. The largest absolute Gasteiger partial charge is 0.383 e. The van der Waals surface area contributed by atoms with Crippen LogP contribution in [0.15, 0.2) is 11.4 Å². The monoisotopic (exact) mass is 233 g/mol. The van der Waals surface area contributed by atoms with Crippen molar-refractivity contribution in [2.75, 3.05) is 6.54 Å². The van der Waals surface area contributed by atoms with Gasteiger partial charge in [0.15, 0.2) is 0 Å². The van der Waals surface area contributed by atoms with Gasteiger partial charge in [-0.1, -0.05) is 25.4 Å². The first kappa shape index (κ1) is 12.0. The van der Waals surface area contributed by atoms with Gasteiger partial charge in [-0.15, -0.1) is 11.3 Å². The van der Waals surface area contributed by atoms with Crippen molar-refractivity contribution < 1.29 is 5.11 Å². The minimum Gasteiger partial charge on any atom is -0.383 e. The third-order valence-corrected chi connectivity index (χ3v) is 3.56. The summed E-state index contributed by atoms with van der Waals surface area (Å²) in [7, 11) is 0. The molecule has 2 N–H and O–H groups in total. The lowest BCUT2D eigenvalue weighted by atomic mass is 10.0. The van der Waals surface area contributed by atoms with Crippen LogP contribution < -0.4 is 5.32 Å². The Morgan fingerprint density at radius 1 is 1.64 bits per heavy atom. The van der Waals surface area contributed by atoms with E-state index in [1.54, 1.807) is 6.92 Å². The average molecular weight is 234 g/mol. The van der Waals surface area contributed by atoms with Crippen LogP contribution in [0.4, 0.5) is 0 Å². The molecule has 1 heterocycles. The molecule has 0 spiro atoms. The van der Waals surface area contributed by atoms with Gasteiger partial charge in [0.25, 0.3) is 0 Å². The highest BCUT2D eigenvalue weighted by atomic mass is 35.5. The Hall–Kier alpha value is -0.0900. The molecule has 4 heteroatoms. The Bertz CT molecular complexity index is 296. The number of halogens is 1. The average Bonchev–Trinajstić information content (AvgIpc) is 2.48. The molecule has 0 aliphatic heterocycles. The van der Waals surface area contributed by atoms with Gasteiger partial charge in [0.2, 0.25) is 0 Å². The molecular weight excluding hydrogens is 218 g/mol. The summed E-state index contributed by atoms with van der Waals surface area (Å²) in [6, 6.07) is 2.17. The zero-order valence-electron chi connectivity index (χ0n) is 8.67. The zero-order chi connectivity index (χ0) is 10.8. The quantitative estimate of drug-likeness (QED) is 0.838. The molecule has 0 aliphatic carbocycles. The molecule has 0 radical (unpaired) electrons. The van der Waals surface area contributed by atoms with E-state index in [9.17, 15) is 5.11 Å². The second-order valence-corrected chi connectivity index (χ2v) is 5.23. The summed E-state index contributed by atoms with van der Waals surface area (Å²) in [5, 5.41) is 15.9. The van der Waals surface area contributed by atoms with E-state index in [-0.39, 0.29) is 0 Å². The van der Waals surface area contributed by atoms with E-state index >= 15 is 0 Å². The summed E-state index contributed by atoms with van der Waals surface area (Å²) in [6.07, 6.45) is 0. The van der Waals surface area contributed by atoms with Crippen LogP contribution in [0.5, 0.6) is 0 Å². The van der Waals surface area contributed by atoms with Crippen LogP contribution in [-0.2, 0) is 5.60 Å². The SMILES string of the molecule is CC(C)NCC(C)(O)c1sccc1Cl. The van der Waals surface area contributed by atoms with Gasteiger partial charge in [-0.05, 0) is 18.4 Å². The number of nitrogens with one attached hydrogen (secondary N) is 1. The maximum absolute atomic E-state index is 10.2. The van der Waals surface area contributed by atoms with Crippen molar-refractivity contribution in [3.05, 3.63) is 21.3 Å². The zero-order valence-corrected chi connectivity index (χ0v) is 10.2. The van der Waals surface area contributed by atoms with Gasteiger partial charge in [-0.3, -0.25) is 0 Å². The lowest BCUT2D eigenvalue weighted by molar-refractivity contribution is 0.0588. The first-order valence-electron chi connectivity index (χ1n) is 4.62. The van der Waals surface area contributed by atoms with Gasteiger partial charge >= 0.3 is 0 Å². The highest BCUT2D eigenvalue weighted by Crippen LogP contribution is 2.32. The first-order chi connectivity index (χ1) is 6.43. The summed E-state index contributed by atoms with van der Waals surface area (Å²) >= 11 is 7.45. The summed E-state index contributed by atoms with van der Waals surface area (Å²) in [6.45, 7) is 6.39. The van der Waals surface area contributed by atoms with E-state index in [1.807, 2.05) is 25.3 Å². The smallest absolute Gasteiger partial charge is 0.110 e. The predicted octanol–water partition coefficient (Wildman–Crippen LogP) is 2.61. The fourth-order valence-electron chi connectivity index (χ4n) is 1.16. The lowest BCUT2D eigenvalue weighted by Crippen LogP contribution is -2.38. The maximum Gasteiger partial charge on any atom is 0.110 e. The van der Waals surface area contributed by atoms with Crippen LogP contribution >= 0.6 is 22.9 Å². The van der Waals surface area contributed by atoms with Crippen molar-refractivity contribution >= 4 is 22.9 Å². The topological polar surface area (TPSA) is 32.3 Å². The van der Waals surface area contributed by atoms with Crippen molar-refractivity contribution in [2.24, 2.45) is 0 Å². The highest BCUT2D eigenvalue weighted by molar-refractivity contribution is 7.10. The van der Waals surface area contributed by atoms with Gasteiger partial charge < -0.3 is 10.4 Å². The van der Waals surface area contributed by atoms with E-state index in [0.29, 0.717) is 17.6 Å². The van der Waals surface area contributed by atoms with Crippen LogP contribution in [-0.4, -0.2) is 17.7 Å². The molecule has 1 aromatic heterocycles. The molecule has 1 unspecified atom stereocenters. The van der Waals surface area contributed by atoms with E-state index in [4.69, 9.17) is 11.6 Å². The standard InChI is InChI=1S/C10H16ClNOS/c1-7(2)12-6-10(3,13)9-8(11)4-5-14-9/h4-5,7,12-13H,6H2,1-3H3. The number of thiophene rings is 1. The second kappa shape index (κ2) is 4.62. The Morgan fingerprint density at radius 3 is 2.71 bits per heavy atom. The summed E-state index contributed by atoms with van der Waals surface area (Å²) in [4.78, 5) is 0.826. The summed E-state index contributed by atoms with van der Waals surface area (Å²) in [5.74, 6) is 0. The summed E-state index contributed by atoms with van der Waals surface area (Å²) < 4.78 is 0. The van der Waals surface area contributed by atoms with Crippen LogP contribution in [0, 0.1) is 0 Å². The molecule has 0 aromatic carbocycles. The molecule has 80 valence electrons. The normalized spacial score (nSPS) is 15.9. The van der Waals surface area contributed by atoms with E-state index in [2.05, 4.69) is 5.32 Å². The molecule has 14 heavy (non-hydrogen) atoms. The molecule has 0 saturated carbocycles. The van der Waals surface area contributed by atoms with Crippen molar-refractivity contribution in [3.8, 4) is 0 Å². The number of aliphatic hydroxyl groups is 1. The number of hydrogen-bond acceptors (Lipinski definition) is 3. The molecule has 0 bridgehead atoms. The number of hydrogen-bond donors (Lipinski definition) is 2. The fraction of sp³-hybridized carbons (Fsp3) is 0.600. The van der Waals surface area contributed by atoms with Crippen molar-refractivity contribution in [1.82, 2.24) is 5.32 Å². The van der Waals surface area contributed by atoms with Gasteiger partial charge in [-0.2, -0.15) is 0 Å². The van der Waals surface area contributed by atoms with Gasteiger partial charge in [0.1, 0.15) is 5.60 Å². The molecular formula is C10H16ClNOS. The molecule has 1 atom stereocenters. The third kappa shape index (κ3) is 2.95. The maximum atomic E-state index is 10.2. The summed E-state index contributed by atoms with van der Waals surface area (Å²) in [5.41, 5.74) is -0.879. The van der Waals surface area contributed by atoms with Gasteiger partial charge in [0.05, 0.1) is 9.90 Å². The molecule has 0 fully saturated rings. The van der Waals surface area contributed by atoms with Gasteiger partial charge in [-0.25, -0.2) is 0 Å². The Labute approximate surface area is 93.9 Å². The molecule has 0 amide bonds. The Kier molecular flexibility index (Phi) is 3.95. The predicted molar refractivity (Wildman–Crippen MR) is 62.0 cm³/mol. The van der Waals surface area contributed by atoms with Gasteiger partial charge in [0, 0.05) is 12.6 Å². The van der Waals surface area contributed by atoms with Crippen LogP contribution in [0.25, 0.3) is 0 Å². The van der Waals surface area contributed by atoms with Crippen molar-refractivity contribution in [1.29, 1.82) is 0 Å². The fourth-order valence-corrected chi connectivity index (χ4v) is 2.48. The minimum atomic E-state index is -0.879. The lowest BCUT2D eigenvalue weighted by Gasteiger charge is -2.24. The Morgan fingerprint density at radius 2 is 2.29 bits per heavy atom. The van der Waals surface area contributed by atoms with Crippen LogP contribution in [0.2, 0.25) is 5.02 Å². The molecule has 1 aromatic rings. The highest BCUT2D eigenvalue weighted by Gasteiger charge is 2.26. The van der Waals surface area contributed by atoms with E-state index in [1.165, 1.54) is 11.3 Å². The van der Waals surface area contributed by atoms with Crippen molar-refractivity contribution in [3.63, 3.8) is 0 Å². The molecule has 2 nitrogen and oxygen atoms in total. The molecule has 0 aliphatic rings. The van der Waals surface area contributed by atoms with Crippen LogP contribution in [0.1, 0.15) is 25.6 Å². The van der Waals surface area contributed by atoms with Crippen molar-refractivity contribution in [2.45, 2.75) is 32.4 Å². The minimum absolute atomic E-state index is 0.361. The molecule has 0 saturated heterocycles. The first-order valence-corrected chi connectivity index (χ1v) is 5.88. The van der Waals surface area contributed by atoms with E-state index in [0.717, 1.165) is 4.88 Å². The van der Waals surface area contributed by atoms with Crippen LogP contribution in [0.3, 0.4) is 0 Å².